The molecular formula is C13H18ClNO2. The van der Waals surface area contributed by atoms with Crippen LogP contribution in [0, 0.1) is 6.92 Å². The third-order valence-electron chi connectivity index (χ3n) is 2.80. The number of benzene rings is 1. The monoisotopic (exact) mass is 255 g/mol. The molecule has 0 amide bonds. The molecule has 4 heteroatoms. The molecule has 2 atom stereocenters. The summed E-state index contributed by atoms with van der Waals surface area (Å²) in [6.07, 6.45) is 0.286. The van der Waals surface area contributed by atoms with Crippen LogP contribution < -0.4 is 10.1 Å². The molecule has 1 aromatic carbocycles. The van der Waals surface area contributed by atoms with E-state index in [-0.39, 0.29) is 12.1 Å². The van der Waals surface area contributed by atoms with Gasteiger partial charge in [-0.25, -0.2) is 0 Å². The van der Waals surface area contributed by atoms with Gasteiger partial charge in [-0.05, 0) is 31.5 Å². The highest BCUT2D eigenvalue weighted by Gasteiger charge is 2.18. The van der Waals surface area contributed by atoms with Gasteiger partial charge in [-0.1, -0.05) is 17.7 Å². The van der Waals surface area contributed by atoms with Gasteiger partial charge in [0.2, 0.25) is 0 Å². The Morgan fingerprint density at radius 3 is 3.06 bits per heavy atom. The molecule has 3 nitrogen and oxygen atoms in total. The quantitative estimate of drug-likeness (QED) is 0.900. The molecule has 1 aliphatic rings. The molecule has 1 aromatic rings. The Balaban J connectivity index is 1.87. The van der Waals surface area contributed by atoms with E-state index in [1.165, 1.54) is 0 Å². The zero-order valence-electron chi connectivity index (χ0n) is 10.2. The topological polar surface area (TPSA) is 30.5 Å². The first kappa shape index (κ1) is 12.7. The fraction of sp³-hybridized carbons (Fsp3) is 0.538. The summed E-state index contributed by atoms with van der Waals surface area (Å²) in [6.45, 7) is 6.21. The zero-order chi connectivity index (χ0) is 12.3. The second kappa shape index (κ2) is 5.71. The molecule has 2 unspecified atom stereocenters. The van der Waals surface area contributed by atoms with Crippen LogP contribution in [0.5, 0.6) is 5.75 Å². The SMILES string of the molecule is Cc1ccc(Cl)c(OCC2COC(C)CN2)c1. The van der Waals surface area contributed by atoms with Crippen LogP contribution in [0.15, 0.2) is 18.2 Å². The molecule has 0 saturated carbocycles. The summed E-state index contributed by atoms with van der Waals surface area (Å²) in [5.41, 5.74) is 1.14. The molecule has 1 heterocycles. The van der Waals surface area contributed by atoms with Crippen molar-refractivity contribution in [1.82, 2.24) is 5.32 Å². The van der Waals surface area contributed by atoms with E-state index in [2.05, 4.69) is 12.2 Å². The van der Waals surface area contributed by atoms with Crippen molar-refractivity contribution in [2.75, 3.05) is 19.8 Å². The van der Waals surface area contributed by atoms with E-state index < -0.39 is 0 Å². The molecule has 0 aromatic heterocycles. The molecule has 94 valence electrons. The Morgan fingerprint density at radius 1 is 1.53 bits per heavy atom. The summed E-state index contributed by atoms with van der Waals surface area (Å²) < 4.78 is 11.3. The lowest BCUT2D eigenvalue weighted by atomic mass is 10.2. The van der Waals surface area contributed by atoms with Crippen molar-refractivity contribution in [3.05, 3.63) is 28.8 Å². The Kier molecular flexibility index (Phi) is 4.26. The fourth-order valence-corrected chi connectivity index (χ4v) is 1.92. The van der Waals surface area contributed by atoms with Gasteiger partial charge in [0.1, 0.15) is 12.4 Å². The molecule has 1 saturated heterocycles. The van der Waals surface area contributed by atoms with E-state index in [0.29, 0.717) is 18.2 Å². The summed E-state index contributed by atoms with van der Waals surface area (Å²) in [4.78, 5) is 0. The molecule has 2 rings (SSSR count). The highest BCUT2D eigenvalue weighted by atomic mass is 35.5. The summed E-state index contributed by atoms with van der Waals surface area (Å²) in [5.74, 6) is 0.743. The molecule has 17 heavy (non-hydrogen) atoms. The number of hydrogen-bond acceptors (Lipinski definition) is 3. The van der Waals surface area contributed by atoms with Crippen LogP contribution in [0.3, 0.4) is 0 Å². The van der Waals surface area contributed by atoms with Gasteiger partial charge in [0.15, 0.2) is 0 Å². The highest BCUT2D eigenvalue weighted by Crippen LogP contribution is 2.25. The van der Waals surface area contributed by atoms with Crippen molar-refractivity contribution in [2.45, 2.75) is 26.0 Å². The third kappa shape index (κ3) is 3.60. The second-order valence-electron chi connectivity index (χ2n) is 4.49. The van der Waals surface area contributed by atoms with Crippen molar-refractivity contribution in [3.63, 3.8) is 0 Å². The van der Waals surface area contributed by atoms with Crippen molar-refractivity contribution in [1.29, 1.82) is 0 Å². The van der Waals surface area contributed by atoms with Gasteiger partial charge in [0, 0.05) is 6.54 Å². The van der Waals surface area contributed by atoms with Crippen molar-refractivity contribution in [2.24, 2.45) is 0 Å². The molecule has 0 aliphatic carbocycles. The van der Waals surface area contributed by atoms with Crippen LogP contribution >= 0.6 is 11.6 Å². The molecule has 0 bridgehead atoms. The lowest BCUT2D eigenvalue weighted by Gasteiger charge is -2.28. The predicted molar refractivity (Wildman–Crippen MR) is 68.9 cm³/mol. The van der Waals surface area contributed by atoms with Gasteiger partial charge in [-0.3, -0.25) is 0 Å². The first-order valence-corrected chi connectivity index (χ1v) is 6.27. The largest absolute Gasteiger partial charge is 0.490 e. The highest BCUT2D eigenvalue weighted by molar-refractivity contribution is 6.32. The Morgan fingerprint density at radius 2 is 2.35 bits per heavy atom. The van der Waals surface area contributed by atoms with Gasteiger partial charge in [-0.15, -0.1) is 0 Å². The predicted octanol–water partition coefficient (Wildman–Crippen LogP) is 2.40. The van der Waals surface area contributed by atoms with Gasteiger partial charge in [-0.2, -0.15) is 0 Å². The maximum Gasteiger partial charge on any atom is 0.138 e. The van der Waals surface area contributed by atoms with Crippen LogP contribution in [0.4, 0.5) is 0 Å². The number of rotatable bonds is 3. The van der Waals surface area contributed by atoms with E-state index in [9.17, 15) is 0 Å². The number of hydrogen-bond donors (Lipinski definition) is 1. The third-order valence-corrected chi connectivity index (χ3v) is 3.11. The van der Waals surface area contributed by atoms with Gasteiger partial charge in [0.25, 0.3) is 0 Å². The first-order valence-electron chi connectivity index (χ1n) is 5.89. The lowest BCUT2D eigenvalue weighted by molar-refractivity contribution is 0.00457. The Bertz CT molecular complexity index is 376. The zero-order valence-corrected chi connectivity index (χ0v) is 11.0. The molecule has 1 aliphatic heterocycles. The fourth-order valence-electron chi connectivity index (χ4n) is 1.75. The number of ether oxygens (including phenoxy) is 2. The van der Waals surface area contributed by atoms with Crippen LogP contribution in [-0.2, 0) is 4.74 Å². The molecule has 1 fully saturated rings. The summed E-state index contributed by atoms with van der Waals surface area (Å²) in [6, 6.07) is 6.02. The van der Waals surface area contributed by atoms with E-state index >= 15 is 0 Å². The van der Waals surface area contributed by atoms with E-state index in [1.807, 2.05) is 25.1 Å². The standard InChI is InChI=1S/C13H18ClNO2/c1-9-3-4-12(14)13(5-9)17-8-11-7-16-10(2)6-15-11/h3-5,10-11,15H,6-8H2,1-2H3. The van der Waals surface area contributed by atoms with E-state index in [4.69, 9.17) is 21.1 Å². The summed E-state index contributed by atoms with van der Waals surface area (Å²) in [7, 11) is 0. The van der Waals surface area contributed by atoms with E-state index in [0.717, 1.165) is 17.9 Å². The van der Waals surface area contributed by atoms with E-state index in [1.54, 1.807) is 0 Å². The van der Waals surface area contributed by atoms with Crippen molar-refractivity contribution < 1.29 is 9.47 Å². The van der Waals surface area contributed by atoms with Gasteiger partial charge >= 0.3 is 0 Å². The van der Waals surface area contributed by atoms with Crippen LogP contribution in [0.1, 0.15) is 12.5 Å². The molecule has 0 radical (unpaired) electrons. The molecular weight excluding hydrogens is 238 g/mol. The maximum atomic E-state index is 6.06. The van der Waals surface area contributed by atoms with Crippen molar-refractivity contribution in [3.8, 4) is 5.75 Å². The summed E-state index contributed by atoms with van der Waals surface area (Å²) >= 11 is 6.06. The maximum absolute atomic E-state index is 6.06. The van der Waals surface area contributed by atoms with Crippen LogP contribution in [0.2, 0.25) is 5.02 Å². The Labute approximate surface area is 107 Å². The van der Waals surface area contributed by atoms with Crippen molar-refractivity contribution >= 4 is 11.6 Å². The number of nitrogens with one attached hydrogen (secondary N) is 1. The first-order chi connectivity index (χ1) is 8.15. The second-order valence-corrected chi connectivity index (χ2v) is 4.90. The normalized spacial score (nSPS) is 24.6. The number of morpholine rings is 1. The van der Waals surface area contributed by atoms with Crippen LogP contribution in [-0.4, -0.2) is 31.9 Å². The minimum absolute atomic E-state index is 0.239. The minimum atomic E-state index is 0.239. The van der Waals surface area contributed by atoms with Crippen LogP contribution in [0.25, 0.3) is 0 Å². The average molecular weight is 256 g/mol. The van der Waals surface area contributed by atoms with Gasteiger partial charge in [0.05, 0.1) is 23.8 Å². The number of aryl methyl sites for hydroxylation is 1. The average Bonchev–Trinajstić information content (AvgIpc) is 2.32. The molecule has 0 spiro atoms. The van der Waals surface area contributed by atoms with Gasteiger partial charge < -0.3 is 14.8 Å². The Hall–Kier alpha value is -0.770. The summed E-state index contributed by atoms with van der Waals surface area (Å²) in [5, 5.41) is 4.03. The smallest absolute Gasteiger partial charge is 0.138 e. The number of halogens is 1. The minimum Gasteiger partial charge on any atom is -0.490 e. The molecule has 1 N–H and O–H groups in total. The lowest BCUT2D eigenvalue weighted by Crippen LogP contribution is -2.48.